The van der Waals surface area contributed by atoms with Crippen molar-refractivity contribution in [3.05, 3.63) is 53.6 Å². The van der Waals surface area contributed by atoms with E-state index in [1.54, 1.807) is 37.5 Å². The van der Waals surface area contributed by atoms with Gasteiger partial charge in [0, 0.05) is 35.5 Å². The number of anilines is 2. The van der Waals surface area contributed by atoms with E-state index >= 15 is 0 Å². The molecule has 0 saturated carbocycles. The molecule has 0 heterocycles. The molecule has 2 aromatic carbocycles. The molecule has 0 bridgehead atoms. The minimum Gasteiger partial charge on any atom is -0.497 e. The van der Waals surface area contributed by atoms with E-state index in [1.807, 2.05) is 0 Å². The molecule has 0 aliphatic rings. The quantitative estimate of drug-likeness (QED) is 0.285. The number of nitrogen functional groups attached to an aromatic ring is 2. The summed E-state index contributed by atoms with van der Waals surface area (Å²) in [5.74, 6) is 0.149. The molecule has 0 amide bonds. The van der Waals surface area contributed by atoms with Crippen LogP contribution in [0.4, 0.5) is 11.4 Å². The number of esters is 2. The van der Waals surface area contributed by atoms with E-state index < -0.39 is 11.9 Å². The number of methoxy groups -OCH3 is 2. The Bertz CT molecular complexity index is 895. The first kappa shape index (κ1) is 21.6. The highest BCUT2D eigenvalue weighted by atomic mass is 16.5. The summed E-state index contributed by atoms with van der Waals surface area (Å²) in [6, 6.07) is 9.80. The Morgan fingerprint density at radius 3 is 2.41 bits per heavy atom. The molecule has 2 aromatic rings. The zero-order valence-electron chi connectivity index (χ0n) is 16.3. The van der Waals surface area contributed by atoms with E-state index in [0.29, 0.717) is 29.2 Å². The van der Waals surface area contributed by atoms with Gasteiger partial charge in [-0.1, -0.05) is 0 Å². The first-order valence-corrected chi connectivity index (χ1v) is 8.83. The van der Waals surface area contributed by atoms with Crippen LogP contribution in [-0.2, 0) is 14.3 Å². The number of hydrogen-bond donors (Lipinski definition) is 2. The number of rotatable bonds is 9. The van der Waals surface area contributed by atoms with Gasteiger partial charge >= 0.3 is 11.9 Å². The predicted octanol–water partition coefficient (Wildman–Crippen LogP) is 2.67. The largest absolute Gasteiger partial charge is 0.497 e. The van der Waals surface area contributed by atoms with E-state index in [0.717, 1.165) is 0 Å². The van der Waals surface area contributed by atoms with E-state index in [-0.39, 0.29) is 24.5 Å². The average molecular weight is 400 g/mol. The van der Waals surface area contributed by atoms with Crippen molar-refractivity contribution in [2.75, 3.05) is 38.9 Å². The molecule has 4 N–H and O–H groups in total. The van der Waals surface area contributed by atoms with Gasteiger partial charge in [0.2, 0.25) is 0 Å². The Kier molecular flexibility index (Phi) is 7.90. The molecule has 8 nitrogen and oxygen atoms in total. The van der Waals surface area contributed by atoms with E-state index in [4.69, 9.17) is 30.4 Å². The molecule has 29 heavy (non-hydrogen) atoms. The summed E-state index contributed by atoms with van der Waals surface area (Å²) in [4.78, 5) is 23.8. The first-order chi connectivity index (χ1) is 13.9. The molecule has 2 rings (SSSR count). The number of carbonyl (C=O) groups is 2. The van der Waals surface area contributed by atoms with Crippen molar-refractivity contribution in [3.63, 3.8) is 0 Å². The SMILES string of the molecule is COc1ccc(/C=C/C(=O)OCCCOC(=O)c2ccc(N)cc2N)c(OC)c1. The number of nitrogens with two attached hydrogens (primary N) is 2. The van der Waals surface area contributed by atoms with Crippen LogP contribution >= 0.6 is 0 Å². The second-order valence-electron chi connectivity index (χ2n) is 5.94. The molecule has 0 aliphatic heterocycles. The van der Waals surface area contributed by atoms with Crippen LogP contribution in [0.15, 0.2) is 42.5 Å². The smallest absolute Gasteiger partial charge is 0.340 e. The molecule has 0 fully saturated rings. The highest BCUT2D eigenvalue weighted by molar-refractivity contribution is 5.95. The van der Waals surface area contributed by atoms with E-state index in [2.05, 4.69) is 0 Å². The van der Waals surface area contributed by atoms with Gasteiger partial charge < -0.3 is 30.4 Å². The maximum atomic E-state index is 12.0. The summed E-state index contributed by atoms with van der Waals surface area (Å²) >= 11 is 0. The fourth-order valence-corrected chi connectivity index (χ4v) is 2.40. The second-order valence-corrected chi connectivity index (χ2v) is 5.94. The highest BCUT2D eigenvalue weighted by Gasteiger charge is 2.11. The minimum absolute atomic E-state index is 0.0892. The van der Waals surface area contributed by atoms with Gasteiger partial charge in [-0.15, -0.1) is 0 Å². The zero-order valence-corrected chi connectivity index (χ0v) is 16.3. The fourth-order valence-electron chi connectivity index (χ4n) is 2.40. The normalized spacial score (nSPS) is 10.6. The van der Waals surface area contributed by atoms with E-state index in [1.165, 1.54) is 25.3 Å². The Balaban J connectivity index is 1.74. The lowest BCUT2D eigenvalue weighted by atomic mass is 10.1. The van der Waals surface area contributed by atoms with Crippen LogP contribution in [0.25, 0.3) is 6.08 Å². The second kappa shape index (κ2) is 10.6. The Hall–Kier alpha value is -3.68. The van der Waals surface area contributed by atoms with Crippen molar-refractivity contribution in [1.29, 1.82) is 0 Å². The van der Waals surface area contributed by atoms with Crippen LogP contribution in [0.3, 0.4) is 0 Å². The van der Waals surface area contributed by atoms with E-state index in [9.17, 15) is 9.59 Å². The maximum Gasteiger partial charge on any atom is 0.340 e. The van der Waals surface area contributed by atoms with Crippen LogP contribution in [0, 0.1) is 0 Å². The lowest BCUT2D eigenvalue weighted by molar-refractivity contribution is -0.137. The summed E-state index contributed by atoms with van der Waals surface area (Å²) in [6.07, 6.45) is 3.24. The third kappa shape index (κ3) is 6.46. The number of carbonyl (C=O) groups excluding carboxylic acids is 2. The lowest BCUT2D eigenvalue weighted by Gasteiger charge is -2.08. The number of benzene rings is 2. The van der Waals surface area contributed by atoms with Gasteiger partial charge in [0.25, 0.3) is 0 Å². The fraction of sp³-hybridized carbons (Fsp3) is 0.238. The number of ether oxygens (including phenoxy) is 4. The van der Waals surface area contributed by atoms with Crippen LogP contribution in [0.5, 0.6) is 11.5 Å². The van der Waals surface area contributed by atoms with Gasteiger partial charge in [-0.05, 0) is 36.4 Å². The van der Waals surface area contributed by atoms with Gasteiger partial charge in [-0.3, -0.25) is 0 Å². The highest BCUT2D eigenvalue weighted by Crippen LogP contribution is 2.25. The Labute approximate surface area is 169 Å². The molecule has 0 radical (unpaired) electrons. The third-order valence-electron chi connectivity index (χ3n) is 3.90. The molecule has 154 valence electrons. The molecule has 0 saturated heterocycles. The molecule has 0 atom stereocenters. The summed E-state index contributed by atoms with van der Waals surface area (Å²) in [5.41, 5.74) is 13.0. The van der Waals surface area contributed by atoms with Crippen LogP contribution in [0.1, 0.15) is 22.3 Å². The van der Waals surface area contributed by atoms with Crippen molar-refractivity contribution >= 4 is 29.4 Å². The average Bonchev–Trinajstić information content (AvgIpc) is 2.71. The van der Waals surface area contributed by atoms with Crippen LogP contribution in [0.2, 0.25) is 0 Å². The van der Waals surface area contributed by atoms with Gasteiger partial charge in [-0.2, -0.15) is 0 Å². The summed E-state index contributed by atoms with van der Waals surface area (Å²) in [6.45, 7) is 0.194. The first-order valence-electron chi connectivity index (χ1n) is 8.83. The summed E-state index contributed by atoms with van der Waals surface area (Å²) in [7, 11) is 3.09. The molecular weight excluding hydrogens is 376 g/mol. The molecule has 0 aliphatic carbocycles. The lowest BCUT2D eigenvalue weighted by Crippen LogP contribution is -2.11. The minimum atomic E-state index is -0.555. The summed E-state index contributed by atoms with van der Waals surface area (Å²) < 4.78 is 20.6. The molecule has 0 unspecified atom stereocenters. The van der Waals surface area contributed by atoms with Crippen molar-refractivity contribution in [2.24, 2.45) is 0 Å². The van der Waals surface area contributed by atoms with Crippen LogP contribution in [-0.4, -0.2) is 39.4 Å². The topological polar surface area (TPSA) is 123 Å². The van der Waals surface area contributed by atoms with Crippen molar-refractivity contribution in [1.82, 2.24) is 0 Å². The molecular formula is C21H24N2O6. The zero-order chi connectivity index (χ0) is 21.2. The number of hydrogen-bond acceptors (Lipinski definition) is 8. The van der Waals surface area contributed by atoms with Gasteiger partial charge in [0.1, 0.15) is 11.5 Å². The van der Waals surface area contributed by atoms with Crippen LogP contribution < -0.4 is 20.9 Å². The summed E-state index contributed by atoms with van der Waals surface area (Å²) in [5, 5.41) is 0. The molecule has 0 spiro atoms. The standard InChI is InChI=1S/C21H24N2O6/c1-26-16-7-4-14(19(13-16)27-2)5-9-20(24)28-10-3-11-29-21(25)17-8-6-15(22)12-18(17)23/h4-9,12-13H,3,10-11,22-23H2,1-2H3/b9-5+. The van der Waals surface area contributed by atoms with Gasteiger partial charge in [0.05, 0.1) is 33.0 Å². The predicted molar refractivity (Wildman–Crippen MR) is 110 cm³/mol. The van der Waals surface area contributed by atoms with Gasteiger partial charge in [0.15, 0.2) is 0 Å². The molecule has 0 aromatic heterocycles. The van der Waals surface area contributed by atoms with Crippen molar-refractivity contribution in [3.8, 4) is 11.5 Å². The third-order valence-corrected chi connectivity index (χ3v) is 3.90. The monoisotopic (exact) mass is 400 g/mol. The van der Waals surface area contributed by atoms with Crippen molar-refractivity contribution < 1.29 is 28.5 Å². The maximum absolute atomic E-state index is 12.0. The Morgan fingerprint density at radius 1 is 0.966 bits per heavy atom. The van der Waals surface area contributed by atoms with Gasteiger partial charge in [-0.25, -0.2) is 9.59 Å². The molecule has 8 heteroatoms. The van der Waals surface area contributed by atoms with Crippen molar-refractivity contribution in [2.45, 2.75) is 6.42 Å². The Morgan fingerprint density at radius 2 is 1.72 bits per heavy atom.